The average Bonchev–Trinajstić information content (AvgIpc) is 2.25. The van der Waals surface area contributed by atoms with Gasteiger partial charge in [-0.3, -0.25) is 0 Å². The molecule has 2 N–H and O–H groups in total. The summed E-state index contributed by atoms with van der Waals surface area (Å²) >= 11 is 0. The maximum atomic E-state index is 6.28. The molecule has 0 amide bonds. The highest BCUT2D eigenvalue weighted by atomic mass is 15.3. The van der Waals surface area contributed by atoms with Crippen molar-refractivity contribution in [2.75, 3.05) is 33.2 Å². The molecule has 0 spiro atoms. The Hall–Kier alpha value is -0.120. The van der Waals surface area contributed by atoms with E-state index in [9.17, 15) is 0 Å². The molecule has 3 nitrogen and oxygen atoms in total. The molecule has 2 rings (SSSR count). The van der Waals surface area contributed by atoms with E-state index in [0.29, 0.717) is 0 Å². The van der Waals surface area contributed by atoms with E-state index >= 15 is 0 Å². The van der Waals surface area contributed by atoms with Crippen molar-refractivity contribution in [3.8, 4) is 0 Å². The molecule has 94 valence electrons. The number of nitrogens with zero attached hydrogens (tertiary/aromatic N) is 2. The van der Waals surface area contributed by atoms with Crippen LogP contribution in [0.5, 0.6) is 0 Å². The summed E-state index contributed by atoms with van der Waals surface area (Å²) in [5, 5.41) is 0. The molecule has 0 bridgehead atoms. The Morgan fingerprint density at radius 3 is 2.62 bits per heavy atom. The van der Waals surface area contributed by atoms with Crippen LogP contribution in [0.4, 0.5) is 0 Å². The number of rotatable bonds is 4. The van der Waals surface area contributed by atoms with Gasteiger partial charge in [0.2, 0.25) is 0 Å². The van der Waals surface area contributed by atoms with E-state index in [1.807, 2.05) is 0 Å². The molecular formula is C13H27N3. The predicted octanol–water partition coefficient (Wildman–Crippen LogP) is 1.28. The molecule has 1 aliphatic heterocycles. The van der Waals surface area contributed by atoms with Crippen LogP contribution in [0.15, 0.2) is 0 Å². The van der Waals surface area contributed by atoms with Gasteiger partial charge in [-0.25, -0.2) is 0 Å². The van der Waals surface area contributed by atoms with E-state index in [2.05, 4.69) is 23.8 Å². The Kier molecular flexibility index (Phi) is 3.88. The minimum atomic E-state index is 0.199. The second-order valence-corrected chi connectivity index (χ2v) is 5.81. The van der Waals surface area contributed by atoms with Crippen molar-refractivity contribution in [1.82, 2.24) is 9.80 Å². The summed E-state index contributed by atoms with van der Waals surface area (Å²) < 4.78 is 0. The first-order valence-electron chi connectivity index (χ1n) is 6.84. The van der Waals surface area contributed by atoms with Gasteiger partial charge >= 0.3 is 0 Å². The molecular weight excluding hydrogens is 198 g/mol. The van der Waals surface area contributed by atoms with E-state index in [1.54, 1.807) is 0 Å². The normalized spacial score (nSPS) is 31.3. The van der Waals surface area contributed by atoms with E-state index < -0.39 is 0 Å². The van der Waals surface area contributed by atoms with Crippen molar-refractivity contribution in [2.45, 2.75) is 50.6 Å². The van der Waals surface area contributed by atoms with Gasteiger partial charge in [-0.15, -0.1) is 0 Å². The van der Waals surface area contributed by atoms with Crippen LogP contribution < -0.4 is 5.73 Å². The Balaban J connectivity index is 1.73. The molecule has 0 aromatic heterocycles. The summed E-state index contributed by atoms with van der Waals surface area (Å²) in [4.78, 5) is 5.11. The Morgan fingerprint density at radius 1 is 1.31 bits per heavy atom. The summed E-state index contributed by atoms with van der Waals surface area (Å²) in [6.45, 7) is 7.18. The largest absolute Gasteiger partial charge is 0.325 e. The SMILES string of the molecule is CCC1CN(CCC2(N)CCC2)CCN1C. The van der Waals surface area contributed by atoms with E-state index in [1.165, 1.54) is 58.3 Å². The molecule has 0 aromatic carbocycles. The average molecular weight is 225 g/mol. The Bertz CT molecular complexity index is 225. The van der Waals surface area contributed by atoms with Gasteiger partial charge in [-0.1, -0.05) is 6.92 Å². The van der Waals surface area contributed by atoms with Crippen LogP contribution in [0.25, 0.3) is 0 Å². The van der Waals surface area contributed by atoms with Crippen molar-refractivity contribution in [2.24, 2.45) is 5.73 Å². The third-order valence-corrected chi connectivity index (χ3v) is 4.61. The van der Waals surface area contributed by atoms with Crippen LogP contribution in [-0.2, 0) is 0 Å². The first-order chi connectivity index (χ1) is 7.63. The third kappa shape index (κ3) is 2.76. The summed E-state index contributed by atoms with van der Waals surface area (Å²) in [6.07, 6.45) is 6.31. The van der Waals surface area contributed by atoms with Crippen molar-refractivity contribution in [3.63, 3.8) is 0 Å². The maximum absolute atomic E-state index is 6.28. The third-order valence-electron chi connectivity index (χ3n) is 4.61. The minimum Gasteiger partial charge on any atom is -0.325 e. The van der Waals surface area contributed by atoms with Crippen molar-refractivity contribution in [1.29, 1.82) is 0 Å². The van der Waals surface area contributed by atoms with Crippen molar-refractivity contribution in [3.05, 3.63) is 0 Å². The summed E-state index contributed by atoms with van der Waals surface area (Å²) in [5.41, 5.74) is 6.48. The van der Waals surface area contributed by atoms with Gasteiger partial charge in [-0.05, 0) is 45.7 Å². The Morgan fingerprint density at radius 2 is 2.06 bits per heavy atom. The highest BCUT2D eigenvalue weighted by molar-refractivity contribution is 4.93. The van der Waals surface area contributed by atoms with Gasteiger partial charge in [0, 0.05) is 31.2 Å². The lowest BCUT2D eigenvalue weighted by Gasteiger charge is -2.43. The van der Waals surface area contributed by atoms with Gasteiger partial charge in [0.15, 0.2) is 0 Å². The van der Waals surface area contributed by atoms with E-state index in [-0.39, 0.29) is 5.54 Å². The van der Waals surface area contributed by atoms with Gasteiger partial charge in [0.05, 0.1) is 0 Å². The van der Waals surface area contributed by atoms with Crippen LogP contribution in [-0.4, -0.2) is 54.6 Å². The van der Waals surface area contributed by atoms with Crippen LogP contribution in [0, 0.1) is 0 Å². The number of likely N-dealkylation sites (N-methyl/N-ethyl adjacent to an activating group) is 1. The molecule has 1 aliphatic carbocycles. The number of hydrogen-bond donors (Lipinski definition) is 1. The first kappa shape index (κ1) is 12.3. The molecule has 2 fully saturated rings. The lowest BCUT2D eigenvalue weighted by molar-refractivity contribution is 0.0805. The predicted molar refractivity (Wildman–Crippen MR) is 68.5 cm³/mol. The van der Waals surface area contributed by atoms with Gasteiger partial charge < -0.3 is 15.5 Å². The molecule has 1 saturated carbocycles. The molecule has 0 aromatic rings. The molecule has 1 heterocycles. The van der Waals surface area contributed by atoms with Gasteiger partial charge in [0.25, 0.3) is 0 Å². The zero-order chi connectivity index (χ0) is 11.6. The molecule has 16 heavy (non-hydrogen) atoms. The van der Waals surface area contributed by atoms with E-state index in [4.69, 9.17) is 5.73 Å². The molecule has 1 unspecified atom stereocenters. The number of piperazine rings is 1. The smallest absolute Gasteiger partial charge is 0.0218 e. The Labute approximate surface area is 100.0 Å². The lowest BCUT2D eigenvalue weighted by atomic mass is 9.75. The molecule has 2 aliphatic rings. The molecule has 1 saturated heterocycles. The lowest BCUT2D eigenvalue weighted by Crippen LogP contribution is -2.54. The summed E-state index contributed by atoms with van der Waals surface area (Å²) in [7, 11) is 2.25. The number of nitrogens with two attached hydrogens (primary N) is 1. The van der Waals surface area contributed by atoms with Gasteiger partial charge in [-0.2, -0.15) is 0 Å². The highest BCUT2D eigenvalue weighted by Gasteiger charge is 2.33. The van der Waals surface area contributed by atoms with Crippen molar-refractivity contribution < 1.29 is 0 Å². The fourth-order valence-corrected chi connectivity index (χ4v) is 2.92. The summed E-state index contributed by atoms with van der Waals surface area (Å²) in [6, 6.07) is 0.754. The second-order valence-electron chi connectivity index (χ2n) is 5.81. The fourth-order valence-electron chi connectivity index (χ4n) is 2.92. The molecule has 1 atom stereocenters. The van der Waals surface area contributed by atoms with Crippen LogP contribution >= 0.6 is 0 Å². The van der Waals surface area contributed by atoms with Crippen LogP contribution in [0.1, 0.15) is 39.0 Å². The standard InChI is InChI=1S/C13H27N3/c1-3-12-11-16(10-9-15(12)2)8-7-13(14)5-4-6-13/h12H,3-11,14H2,1-2H3. The van der Waals surface area contributed by atoms with Crippen LogP contribution in [0.3, 0.4) is 0 Å². The fraction of sp³-hybridized carbons (Fsp3) is 1.00. The monoisotopic (exact) mass is 225 g/mol. The quantitative estimate of drug-likeness (QED) is 0.782. The zero-order valence-corrected chi connectivity index (χ0v) is 10.9. The topological polar surface area (TPSA) is 32.5 Å². The number of hydrogen-bond acceptors (Lipinski definition) is 3. The first-order valence-corrected chi connectivity index (χ1v) is 6.84. The second kappa shape index (κ2) is 5.03. The molecule has 0 radical (unpaired) electrons. The highest BCUT2D eigenvalue weighted by Crippen LogP contribution is 2.32. The maximum Gasteiger partial charge on any atom is 0.0218 e. The molecule has 3 heteroatoms. The minimum absolute atomic E-state index is 0.199. The van der Waals surface area contributed by atoms with Crippen molar-refractivity contribution >= 4 is 0 Å². The van der Waals surface area contributed by atoms with Crippen LogP contribution in [0.2, 0.25) is 0 Å². The van der Waals surface area contributed by atoms with Gasteiger partial charge in [0.1, 0.15) is 0 Å². The summed E-state index contributed by atoms with van der Waals surface area (Å²) in [5.74, 6) is 0. The van der Waals surface area contributed by atoms with E-state index in [0.717, 1.165) is 6.04 Å². The zero-order valence-electron chi connectivity index (χ0n) is 10.9.